The van der Waals surface area contributed by atoms with E-state index in [1.54, 1.807) is 24.3 Å². The first-order valence-electron chi connectivity index (χ1n) is 9.16. The highest BCUT2D eigenvalue weighted by atomic mass is 19.4. The van der Waals surface area contributed by atoms with Gasteiger partial charge < -0.3 is 14.5 Å². The minimum atomic E-state index is -4.43. The number of para-hydroxylation sites is 1. The van der Waals surface area contributed by atoms with Gasteiger partial charge in [0.1, 0.15) is 17.8 Å². The van der Waals surface area contributed by atoms with Gasteiger partial charge >= 0.3 is 6.18 Å². The van der Waals surface area contributed by atoms with E-state index in [2.05, 4.69) is 10.3 Å². The van der Waals surface area contributed by atoms with Gasteiger partial charge in [-0.2, -0.15) is 13.2 Å². The number of hydrogen-bond acceptors (Lipinski definition) is 4. The average molecular weight is 424 g/mol. The molecule has 1 heterocycles. The highest BCUT2D eigenvalue weighted by molar-refractivity contribution is 6.02. The highest BCUT2D eigenvalue weighted by Gasteiger charge is 2.30. The second-order valence-corrected chi connectivity index (χ2v) is 6.51. The van der Waals surface area contributed by atoms with E-state index in [0.29, 0.717) is 22.7 Å². The van der Waals surface area contributed by atoms with Crippen LogP contribution in [0.4, 0.5) is 18.9 Å². The van der Waals surface area contributed by atoms with E-state index in [4.69, 9.17) is 9.15 Å². The van der Waals surface area contributed by atoms with Crippen molar-refractivity contribution >= 4 is 11.6 Å². The van der Waals surface area contributed by atoms with Crippen molar-refractivity contribution in [1.29, 1.82) is 0 Å². The van der Waals surface area contributed by atoms with Crippen molar-refractivity contribution in [1.82, 2.24) is 4.98 Å². The minimum absolute atomic E-state index is 0.000454. The van der Waals surface area contributed by atoms with Gasteiger partial charge in [-0.05, 0) is 60.7 Å². The van der Waals surface area contributed by atoms with Gasteiger partial charge in [0.05, 0.1) is 5.56 Å². The normalized spacial score (nSPS) is 11.2. The SMILES string of the molecule is O=C(Nc1ccc(Oc2ccccc2)cc1)c1coc(-c2ccc(C(F)(F)F)cc2)n1. The van der Waals surface area contributed by atoms with Crippen molar-refractivity contribution in [2.45, 2.75) is 6.18 Å². The Kier molecular flexibility index (Phi) is 5.44. The smallest absolute Gasteiger partial charge is 0.416 e. The molecule has 0 aliphatic carbocycles. The Balaban J connectivity index is 1.41. The maximum atomic E-state index is 12.7. The zero-order valence-corrected chi connectivity index (χ0v) is 15.9. The van der Waals surface area contributed by atoms with E-state index in [1.807, 2.05) is 30.3 Å². The third-order valence-electron chi connectivity index (χ3n) is 4.29. The Hall–Kier alpha value is -4.07. The molecule has 3 aromatic carbocycles. The number of benzene rings is 3. The van der Waals surface area contributed by atoms with Crippen LogP contribution < -0.4 is 10.1 Å². The van der Waals surface area contributed by atoms with Crippen LogP contribution in [0.3, 0.4) is 0 Å². The largest absolute Gasteiger partial charge is 0.457 e. The zero-order chi connectivity index (χ0) is 21.8. The van der Waals surface area contributed by atoms with E-state index in [-0.39, 0.29) is 11.6 Å². The molecule has 0 saturated carbocycles. The van der Waals surface area contributed by atoms with Crippen molar-refractivity contribution in [3.63, 3.8) is 0 Å². The molecule has 4 rings (SSSR count). The summed E-state index contributed by atoms with van der Waals surface area (Å²) >= 11 is 0. The monoisotopic (exact) mass is 424 g/mol. The summed E-state index contributed by atoms with van der Waals surface area (Å²) in [6.45, 7) is 0. The second-order valence-electron chi connectivity index (χ2n) is 6.51. The molecule has 0 spiro atoms. The van der Waals surface area contributed by atoms with Crippen LogP contribution in [0.25, 0.3) is 11.5 Å². The number of oxazole rings is 1. The van der Waals surface area contributed by atoms with Crippen molar-refractivity contribution in [3.05, 3.63) is 96.4 Å². The van der Waals surface area contributed by atoms with Crippen molar-refractivity contribution in [2.75, 3.05) is 5.32 Å². The van der Waals surface area contributed by atoms with E-state index in [0.717, 1.165) is 18.4 Å². The Bertz CT molecular complexity index is 1170. The molecule has 5 nitrogen and oxygen atoms in total. The van der Waals surface area contributed by atoms with E-state index < -0.39 is 17.6 Å². The molecule has 1 amide bonds. The molecule has 0 atom stereocenters. The van der Waals surface area contributed by atoms with Crippen LogP contribution in [0.2, 0.25) is 0 Å². The number of halogens is 3. The van der Waals surface area contributed by atoms with Gasteiger partial charge in [0.15, 0.2) is 5.69 Å². The summed E-state index contributed by atoms with van der Waals surface area (Å²) in [4.78, 5) is 16.5. The third kappa shape index (κ3) is 4.92. The fourth-order valence-electron chi connectivity index (χ4n) is 2.74. The molecule has 31 heavy (non-hydrogen) atoms. The summed E-state index contributed by atoms with van der Waals surface area (Å²) < 4.78 is 49.0. The van der Waals surface area contributed by atoms with Gasteiger partial charge in [-0.15, -0.1) is 0 Å². The molecule has 0 saturated heterocycles. The molecule has 8 heteroatoms. The number of ether oxygens (including phenoxy) is 1. The van der Waals surface area contributed by atoms with Crippen LogP contribution in [0.1, 0.15) is 16.1 Å². The van der Waals surface area contributed by atoms with Gasteiger partial charge in [0, 0.05) is 11.3 Å². The number of carbonyl (C=O) groups excluding carboxylic acids is 1. The Labute approximate surface area is 175 Å². The molecule has 0 aliphatic rings. The Morgan fingerprint density at radius 3 is 2.16 bits per heavy atom. The summed E-state index contributed by atoms with van der Waals surface area (Å²) in [5, 5.41) is 2.68. The van der Waals surface area contributed by atoms with E-state index in [1.165, 1.54) is 12.1 Å². The van der Waals surface area contributed by atoms with Crippen LogP contribution in [-0.4, -0.2) is 10.9 Å². The fourth-order valence-corrected chi connectivity index (χ4v) is 2.74. The molecule has 0 radical (unpaired) electrons. The first-order chi connectivity index (χ1) is 14.9. The van der Waals surface area contributed by atoms with Gasteiger partial charge in [-0.25, -0.2) is 4.98 Å². The molecule has 0 fully saturated rings. The number of nitrogens with zero attached hydrogens (tertiary/aromatic N) is 1. The lowest BCUT2D eigenvalue weighted by Gasteiger charge is -2.07. The number of aromatic nitrogens is 1. The maximum absolute atomic E-state index is 12.7. The Morgan fingerprint density at radius 1 is 0.871 bits per heavy atom. The number of rotatable bonds is 5. The van der Waals surface area contributed by atoms with Crippen LogP contribution in [0.15, 0.2) is 89.5 Å². The fraction of sp³-hybridized carbons (Fsp3) is 0.0435. The van der Waals surface area contributed by atoms with Crippen molar-refractivity contribution in [2.24, 2.45) is 0 Å². The Morgan fingerprint density at radius 2 is 1.52 bits per heavy atom. The van der Waals surface area contributed by atoms with Crippen LogP contribution in [-0.2, 0) is 6.18 Å². The molecule has 1 aromatic heterocycles. The maximum Gasteiger partial charge on any atom is 0.416 e. The molecular formula is C23H15F3N2O3. The quantitative estimate of drug-likeness (QED) is 0.402. The molecule has 0 unspecified atom stereocenters. The van der Waals surface area contributed by atoms with Gasteiger partial charge in [-0.1, -0.05) is 18.2 Å². The molecule has 156 valence electrons. The van der Waals surface area contributed by atoms with Gasteiger partial charge in [-0.3, -0.25) is 4.79 Å². The van der Waals surface area contributed by atoms with E-state index >= 15 is 0 Å². The summed E-state index contributed by atoms with van der Waals surface area (Å²) in [5.41, 5.74) is 0.0685. The first-order valence-corrected chi connectivity index (χ1v) is 9.16. The lowest BCUT2D eigenvalue weighted by atomic mass is 10.1. The van der Waals surface area contributed by atoms with Crippen LogP contribution >= 0.6 is 0 Å². The van der Waals surface area contributed by atoms with Crippen LogP contribution in [0, 0.1) is 0 Å². The number of hydrogen-bond donors (Lipinski definition) is 1. The second kappa shape index (κ2) is 8.35. The zero-order valence-electron chi connectivity index (χ0n) is 15.9. The minimum Gasteiger partial charge on any atom is -0.457 e. The molecule has 0 aliphatic heterocycles. The number of carbonyl (C=O) groups is 1. The summed E-state index contributed by atoms with van der Waals surface area (Å²) in [7, 11) is 0. The third-order valence-corrected chi connectivity index (χ3v) is 4.29. The van der Waals surface area contributed by atoms with Gasteiger partial charge in [0.2, 0.25) is 5.89 Å². The standard InChI is InChI=1S/C23H15F3N2O3/c24-23(25,26)16-8-6-15(7-9-16)22-28-20(14-30-22)21(29)27-17-10-12-19(13-11-17)31-18-4-2-1-3-5-18/h1-14H,(H,27,29). The average Bonchev–Trinajstić information content (AvgIpc) is 3.26. The van der Waals surface area contributed by atoms with E-state index in [9.17, 15) is 18.0 Å². The van der Waals surface area contributed by atoms with Crippen molar-refractivity contribution in [3.8, 4) is 23.0 Å². The van der Waals surface area contributed by atoms with Gasteiger partial charge in [0.25, 0.3) is 5.91 Å². The number of amides is 1. The molecular weight excluding hydrogens is 409 g/mol. The predicted molar refractivity (Wildman–Crippen MR) is 108 cm³/mol. The topological polar surface area (TPSA) is 64.4 Å². The molecule has 4 aromatic rings. The number of nitrogens with one attached hydrogen (secondary N) is 1. The number of anilines is 1. The lowest BCUT2D eigenvalue weighted by Crippen LogP contribution is -2.12. The van der Waals surface area contributed by atoms with Crippen molar-refractivity contribution < 1.29 is 27.1 Å². The number of alkyl halides is 3. The highest BCUT2D eigenvalue weighted by Crippen LogP contribution is 2.31. The molecule has 1 N–H and O–H groups in total. The predicted octanol–water partition coefficient (Wildman–Crippen LogP) is 6.41. The summed E-state index contributed by atoms with van der Waals surface area (Å²) in [5.74, 6) is 0.831. The first kappa shape index (κ1) is 20.2. The van der Waals surface area contributed by atoms with Crippen LogP contribution in [0.5, 0.6) is 11.5 Å². The molecule has 0 bridgehead atoms. The lowest BCUT2D eigenvalue weighted by molar-refractivity contribution is -0.137. The summed E-state index contributed by atoms with van der Waals surface area (Å²) in [6, 6.07) is 20.4. The summed E-state index contributed by atoms with van der Waals surface area (Å²) in [6.07, 6.45) is -3.28.